The molecular formula is C21H24ClN5O2. The van der Waals surface area contributed by atoms with E-state index in [4.69, 9.17) is 0 Å². The third-order valence-corrected chi connectivity index (χ3v) is 5.22. The maximum atomic E-state index is 12.7. The average molecular weight is 414 g/mol. The zero-order valence-corrected chi connectivity index (χ0v) is 17.0. The van der Waals surface area contributed by atoms with Gasteiger partial charge < -0.3 is 15.2 Å². The van der Waals surface area contributed by atoms with E-state index in [-0.39, 0.29) is 23.9 Å². The number of piperidine rings is 1. The van der Waals surface area contributed by atoms with Crippen LogP contribution >= 0.6 is 12.4 Å². The number of aromatic amines is 1. The number of aromatic nitrogens is 3. The number of nitrogens with zero attached hydrogens (tertiary/aromatic N) is 3. The normalized spacial score (nSPS) is 14.4. The topological polar surface area (TPSA) is 91.0 Å². The maximum Gasteiger partial charge on any atom is 0.256 e. The van der Waals surface area contributed by atoms with Crippen LogP contribution in [-0.2, 0) is 0 Å². The van der Waals surface area contributed by atoms with Gasteiger partial charge in [-0.05, 0) is 61.5 Å². The summed E-state index contributed by atoms with van der Waals surface area (Å²) in [4.78, 5) is 37.4. The van der Waals surface area contributed by atoms with Crippen molar-refractivity contribution in [3.8, 4) is 11.4 Å². The SMILES string of the molecule is CN(CC1CCNCC1)C(=O)c1cnc(-c2ccc3[nH]c(=O)ccc3c2)nc1.Cl. The van der Waals surface area contributed by atoms with Crippen LogP contribution in [0.1, 0.15) is 23.2 Å². The summed E-state index contributed by atoms with van der Waals surface area (Å²) in [5, 5.41) is 4.25. The lowest BCUT2D eigenvalue weighted by Gasteiger charge is -2.27. The Hall–Kier alpha value is -2.77. The van der Waals surface area contributed by atoms with Crippen molar-refractivity contribution in [2.24, 2.45) is 5.92 Å². The molecule has 0 aliphatic carbocycles. The van der Waals surface area contributed by atoms with Crippen LogP contribution in [-0.4, -0.2) is 52.4 Å². The fourth-order valence-electron chi connectivity index (χ4n) is 3.64. The van der Waals surface area contributed by atoms with Crippen molar-refractivity contribution in [1.82, 2.24) is 25.2 Å². The summed E-state index contributed by atoms with van der Waals surface area (Å²) in [5.41, 5.74) is 1.96. The molecule has 0 unspecified atom stereocenters. The highest BCUT2D eigenvalue weighted by molar-refractivity contribution is 5.93. The van der Waals surface area contributed by atoms with Gasteiger partial charge in [0.05, 0.1) is 5.56 Å². The predicted octanol–water partition coefficient (Wildman–Crippen LogP) is 2.48. The van der Waals surface area contributed by atoms with Crippen molar-refractivity contribution in [3.63, 3.8) is 0 Å². The summed E-state index contributed by atoms with van der Waals surface area (Å²) in [6.07, 6.45) is 5.36. The van der Waals surface area contributed by atoms with Crippen molar-refractivity contribution in [3.05, 3.63) is 58.6 Å². The molecule has 8 heteroatoms. The number of rotatable bonds is 4. The van der Waals surface area contributed by atoms with Crippen molar-refractivity contribution >= 4 is 29.2 Å². The van der Waals surface area contributed by atoms with E-state index in [1.54, 1.807) is 23.4 Å². The van der Waals surface area contributed by atoms with E-state index >= 15 is 0 Å². The van der Waals surface area contributed by atoms with Crippen LogP contribution in [0.5, 0.6) is 0 Å². The Balaban J connectivity index is 0.00000240. The summed E-state index contributed by atoms with van der Waals surface area (Å²) < 4.78 is 0. The van der Waals surface area contributed by atoms with Gasteiger partial charge in [-0.15, -0.1) is 12.4 Å². The van der Waals surface area contributed by atoms with E-state index in [9.17, 15) is 9.59 Å². The Morgan fingerprint density at radius 1 is 1.14 bits per heavy atom. The van der Waals surface area contributed by atoms with Gasteiger partial charge in [0.2, 0.25) is 5.56 Å². The van der Waals surface area contributed by atoms with Crippen molar-refractivity contribution in [2.45, 2.75) is 12.8 Å². The molecule has 152 valence electrons. The van der Waals surface area contributed by atoms with Gasteiger partial charge in [0, 0.05) is 43.1 Å². The highest BCUT2D eigenvalue weighted by Crippen LogP contribution is 2.20. The first-order valence-electron chi connectivity index (χ1n) is 9.52. The molecule has 1 aliphatic heterocycles. The molecular weight excluding hydrogens is 390 g/mol. The number of H-pyrrole nitrogens is 1. The lowest BCUT2D eigenvalue weighted by Crippen LogP contribution is -2.37. The Morgan fingerprint density at radius 2 is 1.86 bits per heavy atom. The minimum Gasteiger partial charge on any atom is -0.341 e. The highest BCUT2D eigenvalue weighted by Gasteiger charge is 2.19. The van der Waals surface area contributed by atoms with E-state index in [0.29, 0.717) is 17.3 Å². The van der Waals surface area contributed by atoms with Gasteiger partial charge in [-0.2, -0.15) is 0 Å². The molecule has 0 bridgehead atoms. The minimum absolute atomic E-state index is 0. The number of halogens is 1. The molecule has 0 atom stereocenters. The fourth-order valence-corrected chi connectivity index (χ4v) is 3.64. The Kier molecular flexibility index (Phi) is 6.61. The first-order valence-corrected chi connectivity index (χ1v) is 9.52. The van der Waals surface area contributed by atoms with Crippen molar-refractivity contribution < 1.29 is 4.79 Å². The third-order valence-electron chi connectivity index (χ3n) is 5.22. The maximum absolute atomic E-state index is 12.7. The number of pyridine rings is 1. The van der Waals surface area contributed by atoms with Crippen molar-refractivity contribution in [1.29, 1.82) is 0 Å². The van der Waals surface area contributed by atoms with Gasteiger partial charge in [0.15, 0.2) is 5.82 Å². The fraction of sp³-hybridized carbons (Fsp3) is 0.333. The first-order chi connectivity index (χ1) is 13.6. The Bertz CT molecular complexity index is 1040. The van der Waals surface area contributed by atoms with Crippen LogP contribution in [0.25, 0.3) is 22.3 Å². The van der Waals surface area contributed by atoms with Crippen LogP contribution in [0.2, 0.25) is 0 Å². The monoisotopic (exact) mass is 413 g/mol. The number of carbonyl (C=O) groups is 1. The van der Waals surface area contributed by atoms with Crippen LogP contribution in [0.4, 0.5) is 0 Å². The van der Waals surface area contributed by atoms with Gasteiger partial charge in [-0.1, -0.05) is 0 Å². The van der Waals surface area contributed by atoms with E-state index in [1.807, 2.05) is 25.2 Å². The molecule has 1 aromatic carbocycles. The number of amides is 1. The molecule has 1 aliphatic rings. The van der Waals surface area contributed by atoms with Crippen LogP contribution in [0.15, 0.2) is 47.5 Å². The summed E-state index contributed by atoms with van der Waals surface area (Å²) >= 11 is 0. The van der Waals surface area contributed by atoms with Gasteiger partial charge in [0.25, 0.3) is 5.91 Å². The Morgan fingerprint density at radius 3 is 2.59 bits per heavy atom. The van der Waals surface area contributed by atoms with Gasteiger partial charge in [0.1, 0.15) is 0 Å². The van der Waals surface area contributed by atoms with Gasteiger partial charge in [-0.3, -0.25) is 9.59 Å². The molecule has 0 radical (unpaired) electrons. The molecule has 2 N–H and O–H groups in total. The quantitative estimate of drug-likeness (QED) is 0.685. The lowest BCUT2D eigenvalue weighted by molar-refractivity contribution is 0.0762. The van der Waals surface area contributed by atoms with Gasteiger partial charge >= 0.3 is 0 Å². The second-order valence-electron chi connectivity index (χ2n) is 7.30. The number of nitrogens with one attached hydrogen (secondary N) is 2. The predicted molar refractivity (Wildman–Crippen MR) is 115 cm³/mol. The molecule has 3 aromatic rings. The average Bonchev–Trinajstić information content (AvgIpc) is 2.73. The molecule has 1 fully saturated rings. The largest absolute Gasteiger partial charge is 0.341 e. The van der Waals surface area contributed by atoms with E-state index in [0.717, 1.165) is 48.9 Å². The third kappa shape index (κ3) is 4.81. The van der Waals surface area contributed by atoms with E-state index < -0.39 is 0 Å². The zero-order chi connectivity index (χ0) is 19.5. The number of carbonyl (C=O) groups excluding carboxylic acids is 1. The standard InChI is InChI=1S/C21H23N5O2.ClH/c1-26(13-14-6-8-22-9-7-14)21(28)17-11-23-20(24-12-17)16-2-4-18-15(10-16)3-5-19(27)25-18;/h2-5,10-12,14,22H,6-9,13H2,1H3,(H,25,27);1H. The molecule has 1 amide bonds. The molecule has 0 spiro atoms. The lowest BCUT2D eigenvalue weighted by atomic mass is 9.97. The summed E-state index contributed by atoms with van der Waals surface area (Å²) in [6, 6.07) is 8.88. The second-order valence-corrected chi connectivity index (χ2v) is 7.30. The Labute approximate surface area is 175 Å². The minimum atomic E-state index is -0.132. The van der Waals surface area contributed by atoms with Gasteiger partial charge in [-0.25, -0.2) is 9.97 Å². The number of hydrogen-bond acceptors (Lipinski definition) is 5. The van der Waals surface area contributed by atoms with Crippen LogP contribution in [0.3, 0.4) is 0 Å². The van der Waals surface area contributed by atoms with Crippen molar-refractivity contribution in [2.75, 3.05) is 26.7 Å². The number of fused-ring (bicyclic) bond motifs is 1. The summed E-state index contributed by atoms with van der Waals surface area (Å²) in [5.74, 6) is 1.03. The molecule has 7 nitrogen and oxygen atoms in total. The first kappa shape index (κ1) is 21.0. The summed E-state index contributed by atoms with van der Waals surface area (Å²) in [6.45, 7) is 2.79. The van der Waals surface area contributed by atoms with E-state index in [2.05, 4.69) is 20.3 Å². The highest BCUT2D eigenvalue weighted by atomic mass is 35.5. The van der Waals surface area contributed by atoms with Crippen LogP contribution in [0, 0.1) is 5.92 Å². The smallest absolute Gasteiger partial charge is 0.256 e. The number of benzene rings is 1. The molecule has 3 heterocycles. The second kappa shape index (κ2) is 9.15. The summed E-state index contributed by atoms with van der Waals surface area (Å²) in [7, 11) is 1.84. The van der Waals surface area contributed by atoms with Crippen LogP contribution < -0.4 is 10.9 Å². The molecule has 1 saturated heterocycles. The number of hydrogen-bond donors (Lipinski definition) is 2. The zero-order valence-electron chi connectivity index (χ0n) is 16.2. The molecule has 0 saturated carbocycles. The molecule has 29 heavy (non-hydrogen) atoms. The molecule has 2 aromatic heterocycles. The van der Waals surface area contributed by atoms with E-state index in [1.165, 1.54) is 6.07 Å². The molecule has 4 rings (SSSR count).